The molecule has 6 heteroatoms. The van der Waals surface area contributed by atoms with Crippen LogP contribution in [0.25, 0.3) is 21.7 Å². The molecule has 4 aromatic rings. The Bertz CT molecular complexity index is 1300. The number of nitrogens with one attached hydrogen (secondary N) is 1. The number of hydrazone groups is 1. The number of methoxy groups -OCH3 is 2. The predicted molar refractivity (Wildman–Crippen MR) is 122 cm³/mol. The minimum atomic E-state index is -0.427. The first-order valence-corrected chi connectivity index (χ1v) is 9.75. The topological polar surface area (TPSA) is 73.1 Å². The fourth-order valence-electron chi connectivity index (χ4n) is 3.57. The largest absolute Gasteiger partial charge is 0.493 e. The van der Waals surface area contributed by atoms with Gasteiger partial charge in [0.15, 0.2) is 17.3 Å². The highest BCUT2D eigenvalue weighted by molar-refractivity contribution is 6.08. The van der Waals surface area contributed by atoms with Crippen LogP contribution >= 0.6 is 0 Å². The number of furan rings is 1. The molecule has 0 saturated carbocycles. The quantitative estimate of drug-likeness (QED) is 0.260. The molecular formula is C25H22N2O4. The zero-order valence-corrected chi connectivity index (χ0v) is 17.3. The second-order valence-corrected chi connectivity index (χ2v) is 6.92. The summed E-state index contributed by atoms with van der Waals surface area (Å²) in [6, 6.07) is 17.2. The molecule has 0 saturated heterocycles. The first-order valence-electron chi connectivity index (χ1n) is 9.75. The average Bonchev–Trinajstić information content (AvgIpc) is 3.24. The van der Waals surface area contributed by atoms with Crippen LogP contribution in [0.4, 0.5) is 0 Å². The lowest BCUT2D eigenvalue weighted by atomic mass is 10.1. The van der Waals surface area contributed by atoms with E-state index in [0.29, 0.717) is 23.5 Å². The van der Waals surface area contributed by atoms with Gasteiger partial charge in [-0.2, -0.15) is 5.10 Å². The predicted octanol–water partition coefficient (Wildman–Crippen LogP) is 5.10. The van der Waals surface area contributed by atoms with Crippen molar-refractivity contribution in [3.05, 3.63) is 84.1 Å². The van der Waals surface area contributed by atoms with Crippen LogP contribution in [0.3, 0.4) is 0 Å². The first kappa shape index (κ1) is 20.2. The van der Waals surface area contributed by atoms with Crippen molar-refractivity contribution in [2.24, 2.45) is 5.10 Å². The van der Waals surface area contributed by atoms with Gasteiger partial charge in [0.25, 0.3) is 0 Å². The normalized spacial score (nSPS) is 11.2. The summed E-state index contributed by atoms with van der Waals surface area (Å²) in [5, 5.41) is 7.09. The van der Waals surface area contributed by atoms with Crippen molar-refractivity contribution in [3.63, 3.8) is 0 Å². The van der Waals surface area contributed by atoms with Gasteiger partial charge in [-0.3, -0.25) is 4.79 Å². The zero-order valence-electron chi connectivity index (χ0n) is 17.3. The van der Waals surface area contributed by atoms with Crippen LogP contribution in [0.1, 0.15) is 21.7 Å². The van der Waals surface area contributed by atoms with Gasteiger partial charge in [0, 0.05) is 10.9 Å². The van der Waals surface area contributed by atoms with E-state index in [9.17, 15) is 4.79 Å². The molecule has 0 bridgehead atoms. The number of fused-ring (bicyclic) bond motifs is 3. The van der Waals surface area contributed by atoms with Crippen LogP contribution in [0.5, 0.6) is 11.5 Å². The number of nitrogens with zero attached hydrogens (tertiary/aromatic N) is 1. The van der Waals surface area contributed by atoms with Crippen molar-refractivity contribution in [3.8, 4) is 11.5 Å². The van der Waals surface area contributed by atoms with Gasteiger partial charge in [-0.25, -0.2) is 5.43 Å². The van der Waals surface area contributed by atoms with Crippen LogP contribution in [0.2, 0.25) is 0 Å². The lowest BCUT2D eigenvalue weighted by molar-refractivity contribution is 0.0929. The summed E-state index contributed by atoms with van der Waals surface area (Å²) in [4.78, 5) is 12.6. The molecule has 1 heterocycles. The summed E-state index contributed by atoms with van der Waals surface area (Å²) >= 11 is 0. The van der Waals surface area contributed by atoms with Crippen molar-refractivity contribution >= 4 is 33.9 Å². The van der Waals surface area contributed by atoms with E-state index in [0.717, 1.165) is 27.3 Å². The second-order valence-electron chi connectivity index (χ2n) is 6.92. The molecule has 31 heavy (non-hydrogen) atoms. The first-order chi connectivity index (χ1) is 15.1. The van der Waals surface area contributed by atoms with Crippen molar-refractivity contribution in [1.29, 1.82) is 0 Å². The lowest BCUT2D eigenvalue weighted by Crippen LogP contribution is -2.16. The molecule has 0 atom stereocenters. The number of rotatable bonds is 7. The smallest absolute Gasteiger partial charge is 0.307 e. The summed E-state index contributed by atoms with van der Waals surface area (Å²) in [6.45, 7) is 3.77. The van der Waals surface area contributed by atoms with E-state index in [2.05, 4.69) is 17.1 Å². The Hall–Kier alpha value is -4.06. The molecule has 0 aliphatic heterocycles. The van der Waals surface area contributed by atoms with E-state index >= 15 is 0 Å². The molecular weight excluding hydrogens is 392 g/mol. The Labute approximate surface area is 179 Å². The van der Waals surface area contributed by atoms with E-state index in [1.165, 1.54) is 0 Å². The second kappa shape index (κ2) is 8.75. The number of carbonyl (C=O) groups excluding carboxylic acids is 1. The standard InChI is InChI=1S/C25H22N2O4/c1-4-7-18-12-16(13-22(29-2)24(18)30-3)15-26-27-25(28)23-14-20-19-9-6-5-8-17(19)10-11-21(20)31-23/h4-6,8-15H,1,7H2,2-3H3,(H,27,28). The summed E-state index contributed by atoms with van der Waals surface area (Å²) in [5.74, 6) is 1.00. The van der Waals surface area contributed by atoms with Crippen molar-refractivity contribution in [2.45, 2.75) is 6.42 Å². The summed E-state index contributed by atoms with van der Waals surface area (Å²) in [6.07, 6.45) is 3.94. The number of benzene rings is 3. The van der Waals surface area contributed by atoms with E-state index in [1.807, 2.05) is 42.5 Å². The van der Waals surface area contributed by atoms with Crippen LogP contribution in [0.15, 0.2) is 76.8 Å². The number of allylic oxidation sites excluding steroid dienone is 1. The summed E-state index contributed by atoms with van der Waals surface area (Å²) < 4.78 is 16.6. The van der Waals surface area contributed by atoms with Crippen LogP contribution < -0.4 is 14.9 Å². The molecule has 3 aromatic carbocycles. The van der Waals surface area contributed by atoms with Crippen LogP contribution in [-0.4, -0.2) is 26.3 Å². The van der Waals surface area contributed by atoms with Crippen molar-refractivity contribution in [1.82, 2.24) is 5.43 Å². The maximum Gasteiger partial charge on any atom is 0.307 e. The molecule has 1 amide bonds. The Morgan fingerprint density at radius 1 is 1.10 bits per heavy atom. The highest BCUT2D eigenvalue weighted by Gasteiger charge is 2.14. The summed E-state index contributed by atoms with van der Waals surface area (Å²) in [5.41, 5.74) is 4.84. The number of ether oxygens (including phenoxy) is 2. The minimum Gasteiger partial charge on any atom is -0.493 e. The van der Waals surface area contributed by atoms with E-state index in [-0.39, 0.29) is 5.76 Å². The van der Waals surface area contributed by atoms with Crippen molar-refractivity contribution < 1.29 is 18.7 Å². The van der Waals surface area contributed by atoms with Crippen LogP contribution in [-0.2, 0) is 6.42 Å². The van der Waals surface area contributed by atoms with Gasteiger partial charge in [-0.1, -0.05) is 36.4 Å². The molecule has 0 aliphatic carbocycles. The number of amides is 1. The fraction of sp³-hybridized carbons (Fsp3) is 0.120. The number of carbonyl (C=O) groups is 1. The van der Waals surface area contributed by atoms with E-state index in [4.69, 9.17) is 13.9 Å². The molecule has 0 spiro atoms. The molecule has 1 aromatic heterocycles. The molecule has 0 radical (unpaired) electrons. The third-order valence-corrected chi connectivity index (χ3v) is 4.97. The van der Waals surface area contributed by atoms with Crippen LogP contribution in [0, 0.1) is 0 Å². The Morgan fingerprint density at radius 3 is 2.71 bits per heavy atom. The maximum absolute atomic E-state index is 12.6. The highest BCUT2D eigenvalue weighted by atomic mass is 16.5. The number of hydrogen-bond donors (Lipinski definition) is 1. The zero-order chi connectivity index (χ0) is 21.8. The SMILES string of the molecule is C=CCc1cc(C=NNC(=O)c2cc3c(ccc4ccccc43)o2)cc(OC)c1OC. The third-order valence-electron chi connectivity index (χ3n) is 4.97. The monoisotopic (exact) mass is 414 g/mol. The Morgan fingerprint density at radius 2 is 1.94 bits per heavy atom. The maximum atomic E-state index is 12.6. The molecule has 6 nitrogen and oxygen atoms in total. The highest BCUT2D eigenvalue weighted by Crippen LogP contribution is 2.33. The lowest BCUT2D eigenvalue weighted by Gasteiger charge is -2.12. The average molecular weight is 414 g/mol. The van der Waals surface area contributed by atoms with Gasteiger partial charge >= 0.3 is 5.91 Å². The summed E-state index contributed by atoms with van der Waals surface area (Å²) in [7, 11) is 3.17. The van der Waals surface area contributed by atoms with Gasteiger partial charge in [0.1, 0.15) is 5.58 Å². The number of hydrogen-bond acceptors (Lipinski definition) is 5. The molecule has 0 fully saturated rings. The third kappa shape index (κ3) is 4.00. The Balaban J connectivity index is 1.56. The van der Waals surface area contributed by atoms with Gasteiger partial charge in [0.05, 0.1) is 20.4 Å². The fourth-order valence-corrected chi connectivity index (χ4v) is 3.57. The molecule has 156 valence electrons. The van der Waals surface area contributed by atoms with E-state index in [1.54, 1.807) is 38.6 Å². The molecule has 4 rings (SSSR count). The van der Waals surface area contributed by atoms with Gasteiger partial charge < -0.3 is 13.9 Å². The van der Waals surface area contributed by atoms with Gasteiger partial charge in [-0.05, 0) is 47.0 Å². The molecule has 0 aliphatic rings. The van der Waals surface area contributed by atoms with Gasteiger partial charge in [0.2, 0.25) is 0 Å². The minimum absolute atomic E-state index is 0.197. The molecule has 0 unspecified atom stereocenters. The van der Waals surface area contributed by atoms with E-state index < -0.39 is 5.91 Å². The van der Waals surface area contributed by atoms with Crippen molar-refractivity contribution in [2.75, 3.05) is 14.2 Å². The molecule has 1 N–H and O–H groups in total. The Kier molecular flexibility index (Phi) is 5.71. The van der Waals surface area contributed by atoms with Gasteiger partial charge in [-0.15, -0.1) is 6.58 Å².